The summed E-state index contributed by atoms with van der Waals surface area (Å²) in [6.07, 6.45) is -3.79. The van der Waals surface area contributed by atoms with E-state index in [0.29, 0.717) is 11.0 Å². The Labute approximate surface area is 208 Å². The van der Waals surface area contributed by atoms with Crippen LogP contribution in [-0.4, -0.2) is 34.8 Å². The van der Waals surface area contributed by atoms with Gasteiger partial charge in [-0.3, -0.25) is 4.79 Å². The number of methoxy groups -OCH3 is 1. The van der Waals surface area contributed by atoms with Crippen LogP contribution in [0.5, 0.6) is 5.75 Å². The Morgan fingerprint density at radius 2 is 1.80 bits per heavy atom. The Morgan fingerprint density at radius 1 is 1.14 bits per heavy atom. The lowest BCUT2D eigenvalue weighted by atomic mass is 9.85. The molecule has 188 valence electrons. The lowest BCUT2D eigenvalue weighted by molar-refractivity contribution is -0.182. The van der Waals surface area contributed by atoms with E-state index in [9.17, 15) is 22.4 Å². The fraction of sp³-hybridized carbons (Fsp3) is 0.391. The van der Waals surface area contributed by atoms with E-state index in [-0.39, 0.29) is 64.7 Å². The average Bonchev–Trinajstić information content (AvgIpc) is 3.12. The summed E-state index contributed by atoms with van der Waals surface area (Å²) in [6.45, 7) is 0. The van der Waals surface area contributed by atoms with E-state index in [1.165, 1.54) is 25.3 Å². The Bertz CT molecular complexity index is 1270. The van der Waals surface area contributed by atoms with Crippen molar-refractivity contribution in [2.24, 2.45) is 13.0 Å². The van der Waals surface area contributed by atoms with Crippen LogP contribution in [-0.2, 0) is 7.05 Å². The van der Waals surface area contributed by atoms with Crippen molar-refractivity contribution in [3.05, 3.63) is 45.7 Å². The number of rotatable bonds is 5. The third-order valence-corrected chi connectivity index (χ3v) is 6.86. The summed E-state index contributed by atoms with van der Waals surface area (Å²) in [5.41, 5.74) is 1.15. The second kappa shape index (κ2) is 9.73. The molecule has 0 bridgehead atoms. The number of ether oxygens (including phenoxy) is 1. The molecule has 3 aromatic rings. The van der Waals surface area contributed by atoms with Crippen LogP contribution in [0.1, 0.15) is 36.0 Å². The van der Waals surface area contributed by atoms with Gasteiger partial charge in [0.1, 0.15) is 5.75 Å². The molecule has 35 heavy (non-hydrogen) atoms. The number of halogens is 6. The van der Waals surface area contributed by atoms with Crippen molar-refractivity contribution in [2.75, 3.05) is 12.4 Å². The highest BCUT2D eigenvalue weighted by atomic mass is 35.5. The van der Waals surface area contributed by atoms with Gasteiger partial charge in [0.25, 0.3) is 5.91 Å². The maximum absolute atomic E-state index is 14.5. The smallest absolute Gasteiger partial charge is 0.391 e. The van der Waals surface area contributed by atoms with Crippen molar-refractivity contribution in [3.8, 4) is 5.75 Å². The molecule has 0 radical (unpaired) electrons. The maximum atomic E-state index is 14.5. The zero-order valence-electron chi connectivity index (χ0n) is 18.8. The molecule has 1 saturated carbocycles. The number of hydrogen-bond acceptors (Lipinski definition) is 4. The molecule has 0 spiro atoms. The normalized spacial score (nSPS) is 18.5. The number of nitrogens with one attached hydrogen (secondary N) is 2. The van der Waals surface area contributed by atoms with Crippen molar-refractivity contribution in [1.29, 1.82) is 0 Å². The van der Waals surface area contributed by atoms with E-state index in [1.807, 2.05) is 0 Å². The number of carbonyl (C=O) groups excluding carboxylic acids is 1. The van der Waals surface area contributed by atoms with E-state index in [2.05, 4.69) is 15.6 Å². The Kier molecular flexibility index (Phi) is 7.06. The molecule has 0 saturated heterocycles. The highest BCUT2D eigenvalue weighted by molar-refractivity contribution is 6.35. The maximum Gasteiger partial charge on any atom is 0.391 e. The van der Waals surface area contributed by atoms with Crippen LogP contribution in [0.25, 0.3) is 11.0 Å². The number of amides is 1. The van der Waals surface area contributed by atoms with Crippen molar-refractivity contribution in [2.45, 2.75) is 37.9 Å². The van der Waals surface area contributed by atoms with Gasteiger partial charge in [-0.15, -0.1) is 0 Å². The summed E-state index contributed by atoms with van der Waals surface area (Å²) in [5, 5.41) is 5.64. The fourth-order valence-electron chi connectivity index (χ4n) is 4.26. The molecular weight excluding hydrogens is 511 g/mol. The van der Waals surface area contributed by atoms with Crippen LogP contribution in [0.2, 0.25) is 10.0 Å². The first-order chi connectivity index (χ1) is 16.5. The highest BCUT2D eigenvalue weighted by Gasteiger charge is 2.41. The summed E-state index contributed by atoms with van der Waals surface area (Å²) < 4.78 is 60.3. The highest BCUT2D eigenvalue weighted by Crippen LogP contribution is 2.38. The summed E-state index contributed by atoms with van der Waals surface area (Å²) in [5.74, 6) is -2.03. The van der Waals surface area contributed by atoms with Crippen LogP contribution in [0.4, 0.5) is 29.2 Å². The van der Waals surface area contributed by atoms with Crippen molar-refractivity contribution < 1.29 is 27.1 Å². The van der Waals surface area contributed by atoms with Crippen LogP contribution in [0.15, 0.2) is 24.3 Å². The number of fused-ring (bicyclic) bond motifs is 1. The monoisotopic (exact) mass is 532 g/mol. The molecule has 0 aliphatic heterocycles. The summed E-state index contributed by atoms with van der Waals surface area (Å²) >= 11 is 12.0. The Balaban J connectivity index is 1.58. The molecule has 1 aliphatic rings. The predicted molar refractivity (Wildman–Crippen MR) is 126 cm³/mol. The third kappa shape index (κ3) is 5.13. The van der Waals surface area contributed by atoms with Crippen LogP contribution >= 0.6 is 23.2 Å². The van der Waals surface area contributed by atoms with Gasteiger partial charge in [0, 0.05) is 19.2 Å². The molecule has 2 N–H and O–H groups in total. The number of anilines is 2. The zero-order chi connectivity index (χ0) is 25.5. The largest absolute Gasteiger partial charge is 0.496 e. The van der Waals surface area contributed by atoms with E-state index in [0.717, 1.165) is 0 Å². The molecule has 1 amide bonds. The van der Waals surface area contributed by atoms with Gasteiger partial charge in [-0.2, -0.15) is 13.2 Å². The van der Waals surface area contributed by atoms with E-state index < -0.39 is 23.8 Å². The number of aromatic nitrogens is 2. The average molecular weight is 533 g/mol. The van der Waals surface area contributed by atoms with Crippen molar-refractivity contribution in [1.82, 2.24) is 14.9 Å². The fourth-order valence-corrected chi connectivity index (χ4v) is 4.61. The van der Waals surface area contributed by atoms with E-state index in [4.69, 9.17) is 27.9 Å². The number of aryl methyl sites for hydroxylation is 1. The standard InChI is InChI=1S/C23H22Cl2F4N4O2/c1-33-17-10-18(35-2)13(21(34)30-12-5-3-11(4-6-12)23(27,28)29)9-16(17)31-22(33)32-20-15(25)8-7-14(24)19(20)26/h7-12H,3-6H2,1-2H3,(H,30,34)(H,31,32)/t11-,12-. The van der Waals surface area contributed by atoms with Gasteiger partial charge in [0.15, 0.2) is 5.82 Å². The molecule has 1 aromatic heterocycles. The lowest BCUT2D eigenvalue weighted by Gasteiger charge is -2.30. The first-order valence-electron chi connectivity index (χ1n) is 10.8. The summed E-state index contributed by atoms with van der Waals surface area (Å²) in [7, 11) is 3.09. The van der Waals surface area contributed by atoms with Gasteiger partial charge >= 0.3 is 6.18 Å². The van der Waals surface area contributed by atoms with E-state index >= 15 is 0 Å². The Morgan fingerprint density at radius 3 is 2.43 bits per heavy atom. The number of benzene rings is 2. The van der Waals surface area contributed by atoms with Crippen LogP contribution in [0.3, 0.4) is 0 Å². The number of nitrogens with zero attached hydrogens (tertiary/aromatic N) is 2. The van der Waals surface area contributed by atoms with Gasteiger partial charge in [-0.1, -0.05) is 23.2 Å². The van der Waals surface area contributed by atoms with Crippen molar-refractivity contribution in [3.63, 3.8) is 0 Å². The van der Waals surface area contributed by atoms with E-state index in [1.54, 1.807) is 17.7 Å². The minimum Gasteiger partial charge on any atom is -0.496 e. The number of carbonyl (C=O) groups is 1. The second-order valence-electron chi connectivity index (χ2n) is 8.44. The molecule has 1 heterocycles. The van der Waals surface area contributed by atoms with Gasteiger partial charge in [0.2, 0.25) is 5.95 Å². The second-order valence-corrected chi connectivity index (χ2v) is 9.26. The Hall–Kier alpha value is -2.72. The van der Waals surface area contributed by atoms with Gasteiger partial charge in [-0.25, -0.2) is 9.37 Å². The molecular formula is C23H22Cl2F4N4O2. The zero-order valence-corrected chi connectivity index (χ0v) is 20.3. The quantitative estimate of drug-likeness (QED) is 0.286. The summed E-state index contributed by atoms with van der Waals surface area (Å²) in [6, 6.07) is 5.55. The SMILES string of the molecule is COc1cc2c(cc1C(=O)N[C@H]1CC[C@H](C(F)(F)F)CC1)nc(Nc1c(Cl)ccc(Cl)c1F)n2C. The van der Waals surface area contributed by atoms with Gasteiger partial charge in [-0.05, 0) is 43.9 Å². The lowest BCUT2D eigenvalue weighted by Crippen LogP contribution is -2.40. The molecule has 1 fully saturated rings. The summed E-state index contributed by atoms with van der Waals surface area (Å²) in [4.78, 5) is 17.4. The van der Waals surface area contributed by atoms with Gasteiger partial charge in [0.05, 0.1) is 45.4 Å². The minimum absolute atomic E-state index is 0.0253. The number of hydrogen-bond donors (Lipinski definition) is 2. The molecule has 2 aromatic carbocycles. The van der Waals surface area contributed by atoms with Crippen LogP contribution in [0, 0.1) is 11.7 Å². The van der Waals surface area contributed by atoms with Crippen LogP contribution < -0.4 is 15.4 Å². The van der Waals surface area contributed by atoms with Gasteiger partial charge < -0.3 is 19.9 Å². The topological polar surface area (TPSA) is 68.2 Å². The van der Waals surface area contributed by atoms with Crippen molar-refractivity contribution >= 4 is 51.8 Å². The molecule has 0 unspecified atom stereocenters. The first kappa shape index (κ1) is 25.4. The molecule has 6 nitrogen and oxygen atoms in total. The predicted octanol–water partition coefficient (Wildman–Crippen LogP) is 6.62. The molecule has 12 heteroatoms. The minimum atomic E-state index is -4.22. The first-order valence-corrected chi connectivity index (χ1v) is 11.6. The number of imidazole rings is 1. The third-order valence-electron chi connectivity index (χ3n) is 6.25. The molecule has 1 aliphatic carbocycles. The molecule has 0 atom stereocenters. The number of alkyl halides is 3. The molecule has 4 rings (SSSR count).